The van der Waals surface area contributed by atoms with Crippen molar-refractivity contribution in [2.24, 2.45) is 0 Å². The normalized spacial score (nSPS) is 19.3. The molecule has 41 heavy (non-hydrogen) atoms. The summed E-state index contributed by atoms with van der Waals surface area (Å²) in [6, 6.07) is 15.3. The highest BCUT2D eigenvalue weighted by Gasteiger charge is 2.35. The van der Waals surface area contributed by atoms with E-state index in [2.05, 4.69) is 15.6 Å². The largest absolute Gasteiger partial charge is 0.493 e. The number of imidazole rings is 1. The molecule has 210 valence electrons. The minimum atomic E-state index is -0.498. The Morgan fingerprint density at radius 3 is 2.78 bits per heavy atom. The van der Waals surface area contributed by atoms with Crippen LogP contribution in [0.5, 0.6) is 17.2 Å². The lowest BCUT2D eigenvalue weighted by Gasteiger charge is -2.39. The first-order valence-electron chi connectivity index (χ1n) is 13.3. The summed E-state index contributed by atoms with van der Waals surface area (Å²) in [4.78, 5) is 45.3. The van der Waals surface area contributed by atoms with E-state index < -0.39 is 6.04 Å². The molecule has 3 aliphatic rings. The van der Waals surface area contributed by atoms with Gasteiger partial charge in [-0.2, -0.15) is 0 Å². The fraction of sp³-hybridized carbons (Fsp3) is 0.267. The van der Waals surface area contributed by atoms with Gasteiger partial charge in [-0.3, -0.25) is 14.4 Å². The second-order valence-corrected chi connectivity index (χ2v) is 9.96. The molecule has 2 atom stereocenters. The molecule has 0 radical (unpaired) electrons. The maximum atomic E-state index is 13.5. The highest BCUT2D eigenvalue weighted by molar-refractivity contribution is 5.96. The third kappa shape index (κ3) is 5.65. The monoisotopic (exact) mass is 555 g/mol. The Labute approximate surface area is 236 Å². The maximum absolute atomic E-state index is 13.5. The lowest BCUT2D eigenvalue weighted by molar-refractivity contribution is -0.123. The van der Waals surface area contributed by atoms with Gasteiger partial charge >= 0.3 is 0 Å². The molecule has 0 unspecified atom stereocenters. The minimum absolute atomic E-state index is 0.140. The molecule has 7 rings (SSSR count). The molecule has 5 heterocycles. The van der Waals surface area contributed by atoms with Crippen molar-refractivity contribution in [3.63, 3.8) is 0 Å². The highest BCUT2D eigenvalue weighted by atomic mass is 16.5. The molecular weight excluding hydrogens is 526 g/mol. The van der Waals surface area contributed by atoms with Crippen LogP contribution in [0.3, 0.4) is 0 Å². The van der Waals surface area contributed by atoms with Crippen LogP contribution in [0.1, 0.15) is 32.7 Å². The molecule has 4 aromatic rings. The summed E-state index contributed by atoms with van der Waals surface area (Å²) in [6.07, 6.45) is 5.36. The van der Waals surface area contributed by atoms with Crippen LogP contribution >= 0.6 is 0 Å². The smallest absolute Gasteiger partial charge is 0.258 e. The summed E-state index contributed by atoms with van der Waals surface area (Å²) in [5, 5.41) is 5.89. The van der Waals surface area contributed by atoms with Crippen molar-refractivity contribution in [3.05, 3.63) is 89.9 Å². The molecule has 0 aliphatic carbocycles. The van der Waals surface area contributed by atoms with Gasteiger partial charge in [0.05, 0.1) is 18.7 Å². The van der Waals surface area contributed by atoms with E-state index in [1.54, 1.807) is 52.2 Å². The number of rotatable bonds is 2. The van der Waals surface area contributed by atoms with Crippen molar-refractivity contribution in [2.45, 2.75) is 25.1 Å². The SMILES string of the molecule is COc1ccc2cc1OCC(=O)NCc1ccc(cc1)O[C@@H]1CCN(C(=O)c3ccc4nccn4c3)C[C@@H]1NC2=O. The molecule has 11 nitrogen and oxygen atoms in total. The Balaban J connectivity index is 1.29. The molecule has 1 saturated heterocycles. The summed E-state index contributed by atoms with van der Waals surface area (Å²) in [5.41, 5.74) is 2.50. The van der Waals surface area contributed by atoms with Crippen LogP contribution in [0.2, 0.25) is 0 Å². The number of pyridine rings is 1. The molecule has 4 bridgehead atoms. The van der Waals surface area contributed by atoms with Crippen LogP contribution in [-0.4, -0.2) is 71.0 Å². The van der Waals surface area contributed by atoms with Gasteiger partial charge in [-0.15, -0.1) is 0 Å². The van der Waals surface area contributed by atoms with E-state index in [-0.39, 0.29) is 42.7 Å². The fourth-order valence-electron chi connectivity index (χ4n) is 5.06. The lowest BCUT2D eigenvalue weighted by Crippen LogP contribution is -2.58. The minimum Gasteiger partial charge on any atom is -0.493 e. The average Bonchev–Trinajstić information content (AvgIpc) is 3.47. The van der Waals surface area contributed by atoms with Gasteiger partial charge < -0.3 is 34.1 Å². The van der Waals surface area contributed by atoms with E-state index in [0.29, 0.717) is 42.1 Å². The van der Waals surface area contributed by atoms with Crippen molar-refractivity contribution in [2.75, 3.05) is 26.8 Å². The lowest BCUT2D eigenvalue weighted by atomic mass is 10.00. The van der Waals surface area contributed by atoms with Gasteiger partial charge in [0.2, 0.25) is 0 Å². The maximum Gasteiger partial charge on any atom is 0.258 e. The number of nitrogens with zero attached hydrogens (tertiary/aromatic N) is 3. The van der Waals surface area contributed by atoms with Crippen LogP contribution < -0.4 is 24.8 Å². The zero-order valence-corrected chi connectivity index (χ0v) is 22.4. The van der Waals surface area contributed by atoms with Crippen LogP contribution in [-0.2, 0) is 11.3 Å². The molecule has 3 aliphatic heterocycles. The Bertz CT molecular complexity index is 1600. The van der Waals surface area contributed by atoms with Crippen LogP contribution in [0.15, 0.2) is 73.2 Å². The van der Waals surface area contributed by atoms with Crippen molar-refractivity contribution in [3.8, 4) is 17.2 Å². The van der Waals surface area contributed by atoms with Crippen molar-refractivity contribution in [1.82, 2.24) is 24.9 Å². The van der Waals surface area contributed by atoms with Gasteiger partial charge in [-0.1, -0.05) is 12.1 Å². The molecule has 0 spiro atoms. The fourth-order valence-corrected chi connectivity index (χ4v) is 5.06. The number of aromatic nitrogens is 2. The molecule has 2 N–H and O–H groups in total. The third-order valence-electron chi connectivity index (χ3n) is 7.27. The van der Waals surface area contributed by atoms with Gasteiger partial charge in [0.1, 0.15) is 17.5 Å². The first kappa shape index (κ1) is 26.2. The zero-order chi connectivity index (χ0) is 28.3. The summed E-state index contributed by atoms with van der Waals surface area (Å²) >= 11 is 0. The predicted molar refractivity (Wildman–Crippen MR) is 148 cm³/mol. The zero-order valence-electron chi connectivity index (χ0n) is 22.4. The number of hydrogen-bond donors (Lipinski definition) is 2. The number of fused-ring (bicyclic) bond motifs is 8. The number of benzene rings is 2. The third-order valence-corrected chi connectivity index (χ3v) is 7.27. The van der Waals surface area contributed by atoms with Crippen LogP contribution in [0.4, 0.5) is 0 Å². The van der Waals surface area contributed by atoms with Gasteiger partial charge in [0, 0.05) is 50.2 Å². The number of nitrogens with one attached hydrogen (secondary N) is 2. The topological polar surface area (TPSA) is 124 Å². The number of methoxy groups -OCH3 is 1. The number of carbonyl (C=O) groups excluding carboxylic acids is 3. The number of hydrogen-bond acceptors (Lipinski definition) is 7. The quantitative estimate of drug-likeness (QED) is 0.390. The van der Waals surface area contributed by atoms with Crippen LogP contribution in [0, 0.1) is 0 Å². The Morgan fingerprint density at radius 2 is 1.95 bits per heavy atom. The molecule has 2 aromatic heterocycles. The van der Waals surface area contributed by atoms with Gasteiger partial charge in [0.25, 0.3) is 17.7 Å². The summed E-state index contributed by atoms with van der Waals surface area (Å²) in [6.45, 7) is 0.804. The molecule has 11 heteroatoms. The Hall–Kier alpha value is -5.06. The van der Waals surface area contributed by atoms with E-state index in [9.17, 15) is 14.4 Å². The van der Waals surface area contributed by atoms with E-state index in [1.807, 2.05) is 24.3 Å². The van der Waals surface area contributed by atoms with Gasteiger partial charge in [-0.05, 0) is 48.0 Å². The van der Waals surface area contributed by atoms with E-state index in [0.717, 1.165) is 11.2 Å². The molecule has 1 fully saturated rings. The van der Waals surface area contributed by atoms with Crippen LogP contribution in [0.25, 0.3) is 5.65 Å². The van der Waals surface area contributed by atoms with Crippen molar-refractivity contribution >= 4 is 23.4 Å². The first-order chi connectivity index (χ1) is 20.0. The Kier molecular flexibility index (Phi) is 7.15. The van der Waals surface area contributed by atoms with E-state index >= 15 is 0 Å². The molecule has 3 amide bonds. The molecular formula is C30H29N5O6. The second kappa shape index (κ2) is 11.2. The van der Waals surface area contributed by atoms with E-state index in [4.69, 9.17) is 14.2 Å². The second-order valence-electron chi connectivity index (χ2n) is 9.96. The van der Waals surface area contributed by atoms with Crippen molar-refractivity contribution < 1.29 is 28.6 Å². The van der Waals surface area contributed by atoms with Gasteiger partial charge in [-0.25, -0.2) is 4.98 Å². The number of amides is 3. The first-order valence-corrected chi connectivity index (χ1v) is 13.3. The van der Waals surface area contributed by atoms with Gasteiger partial charge in [0.15, 0.2) is 18.1 Å². The standard InChI is InChI=1S/C30H29N5O6/c1-39-25-8-4-20-14-26(25)40-18-28(36)32-15-19-2-6-22(7-3-19)41-24-10-12-35(17-23(24)33-29(20)37)30(38)21-5-9-27-31-11-13-34(27)16-21/h2-9,11,13-14,16,23-24H,10,12,15,17-18H2,1H3,(H,32,36)(H,33,37)/t23-,24+/m0/s1. The van der Waals surface area contributed by atoms with Crippen molar-refractivity contribution in [1.29, 1.82) is 0 Å². The molecule has 0 saturated carbocycles. The summed E-state index contributed by atoms with van der Waals surface area (Å²) in [5.74, 6) is 0.482. The van der Waals surface area contributed by atoms with E-state index in [1.165, 1.54) is 13.2 Å². The number of ether oxygens (including phenoxy) is 3. The Morgan fingerprint density at radius 1 is 1.10 bits per heavy atom. The summed E-state index contributed by atoms with van der Waals surface area (Å²) < 4.78 is 19.2. The molecule has 2 aromatic carbocycles. The highest BCUT2D eigenvalue weighted by Crippen LogP contribution is 2.29. The number of piperidine rings is 1. The summed E-state index contributed by atoms with van der Waals surface area (Å²) in [7, 11) is 1.49. The number of likely N-dealkylation sites (tertiary alicyclic amines) is 1. The average molecular weight is 556 g/mol. The predicted octanol–water partition coefficient (Wildman–Crippen LogP) is 2.44. The number of carbonyl (C=O) groups is 3.